The molecule has 0 unspecified atom stereocenters. The van der Waals surface area contributed by atoms with Gasteiger partial charge in [-0.15, -0.1) is 0 Å². The summed E-state index contributed by atoms with van der Waals surface area (Å²) in [6, 6.07) is 0. The molecule has 2 aromatic rings. The number of benzene rings is 1. The maximum Gasteiger partial charge on any atom is 0.225 e. The Kier molecular flexibility index (Phi) is 4.47. The molecular formula is C14H12B4FN5. The fourth-order valence-electron chi connectivity index (χ4n) is 2.77. The molecule has 1 fully saturated rings. The summed E-state index contributed by atoms with van der Waals surface area (Å²) in [6.45, 7) is 2.46. The quantitative estimate of drug-likeness (QED) is 0.465. The molecule has 1 aromatic heterocycles. The van der Waals surface area contributed by atoms with Gasteiger partial charge in [0.25, 0.3) is 0 Å². The van der Waals surface area contributed by atoms with E-state index in [2.05, 4.69) is 9.97 Å². The van der Waals surface area contributed by atoms with Crippen molar-refractivity contribution in [2.45, 2.75) is 0 Å². The average Bonchev–Trinajstić information content (AvgIpc) is 2.60. The molecule has 1 aliphatic rings. The number of piperazine rings is 1. The summed E-state index contributed by atoms with van der Waals surface area (Å²) >= 11 is 0. The highest BCUT2D eigenvalue weighted by molar-refractivity contribution is 6.62. The lowest BCUT2D eigenvalue weighted by Crippen LogP contribution is -2.54. The maximum absolute atomic E-state index is 12.9. The lowest BCUT2D eigenvalue weighted by molar-refractivity contribution is 0.603. The van der Waals surface area contributed by atoms with Gasteiger partial charge in [-0.25, -0.2) is 14.4 Å². The highest BCUT2D eigenvalue weighted by atomic mass is 19.1. The van der Waals surface area contributed by atoms with Crippen molar-refractivity contribution in [3.05, 3.63) is 18.2 Å². The number of nitrogens with zero attached hydrogens (tertiary/aromatic N) is 4. The molecule has 24 heavy (non-hydrogen) atoms. The van der Waals surface area contributed by atoms with E-state index in [4.69, 9.17) is 37.1 Å². The molecule has 1 aromatic carbocycles. The summed E-state index contributed by atoms with van der Waals surface area (Å²) < 4.78 is 12.9. The Morgan fingerprint density at radius 3 is 1.79 bits per heavy atom. The molecule has 0 bridgehead atoms. The smallest absolute Gasteiger partial charge is 0.225 e. The lowest BCUT2D eigenvalue weighted by atomic mass is 9.67. The van der Waals surface area contributed by atoms with E-state index in [1.54, 1.807) is 0 Å². The normalized spacial score (nSPS) is 14.9. The van der Waals surface area contributed by atoms with Gasteiger partial charge in [0.15, 0.2) is 5.82 Å². The summed E-state index contributed by atoms with van der Waals surface area (Å²) in [7, 11) is 24.0. The van der Waals surface area contributed by atoms with E-state index >= 15 is 0 Å². The van der Waals surface area contributed by atoms with E-state index in [0.717, 1.165) is 12.4 Å². The zero-order valence-corrected chi connectivity index (χ0v) is 13.0. The first kappa shape index (κ1) is 16.7. The van der Waals surface area contributed by atoms with Crippen LogP contribution in [0.2, 0.25) is 0 Å². The van der Waals surface area contributed by atoms with Gasteiger partial charge in [0.2, 0.25) is 5.95 Å². The Hall–Kier alpha value is -2.11. The zero-order chi connectivity index (χ0) is 17.4. The van der Waals surface area contributed by atoms with Crippen LogP contribution in [0.5, 0.6) is 0 Å². The number of hydrogen-bond acceptors (Lipinski definition) is 5. The van der Waals surface area contributed by atoms with Gasteiger partial charge in [-0.05, 0) is 0 Å². The molecule has 2 heterocycles. The molecule has 3 rings (SSSR count). The third-order valence-electron chi connectivity index (χ3n) is 4.16. The van der Waals surface area contributed by atoms with Gasteiger partial charge in [0, 0.05) is 37.6 Å². The van der Waals surface area contributed by atoms with E-state index < -0.39 is 5.82 Å². The predicted molar refractivity (Wildman–Crippen MR) is 98.8 cm³/mol. The van der Waals surface area contributed by atoms with Gasteiger partial charge < -0.3 is 15.5 Å². The summed E-state index contributed by atoms with van der Waals surface area (Å²) in [5.41, 5.74) is 7.73. The monoisotopic (exact) mass is 313 g/mol. The number of rotatable bonds is 2. The van der Waals surface area contributed by atoms with Gasteiger partial charge >= 0.3 is 0 Å². The van der Waals surface area contributed by atoms with E-state index in [0.29, 0.717) is 48.7 Å². The summed E-state index contributed by atoms with van der Waals surface area (Å²) in [5, 5.41) is 0. The van der Waals surface area contributed by atoms with Gasteiger partial charge in [-0.3, -0.25) is 0 Å². The molecule has 0 amide bonds. The molecule has 0 saturated carbocycles. The van der Waals surface area contributed by atoms with Crippen molar-refractivity contribution in [3.8, 4) is 0 Å². The summed E-state index contributed by atoms with van der Waals surface area (Å²) in [4.78, 5) is 11.9. The minimum Gasteiger partial charge on any atom is -0.400 e. The maximum atomic E-state index is 12.9. The Balaban J connectivity index is 1.81. The van der Waals surface area contributed by atoms with Crippen LogP contribution in [0.1, 0.15) is 0 Å². The van der Waals surface area contributed by atoms with Crippen LogP contribution in [-0.4, -0.2) is 67.5 Å². The van der Waals surface area contributed by atoms with Crippen molar-refractivity contribution in [1.29, 1.82) is 0 Å². The van der Waals surface area contributed by atoms with E-state index in [1.807, 2.05) is 9.80 Å². The highest BCUT2D eigenvalue weighted by Crippen LogP contribution is 2.14. The van der Waals surface area contributed by atoms with Crippen molar-refractivity contribution < 1.29 is 4.39 Å². The lowest BCUT2D eigenvalue weighted by Gasteiger charge is -2.39. The fraction of sp³-hybridized carbons (Fsp3) is 0.286. The zero-order valence-electron chi connectivity index (χ0n) is 13.0. The average molecular weight is 313 g/mol. The molecule has 1 aliphatic heterocycles. The number of nitrogens with two attached hydrogens (primary N) is 1. The number of nitrogen functional groups attached to an aromatic ring is 1. The number of hydrogen-bond donors (Lipinski definition) is 1. The Bertz CT molecular complexity index is 734. The van der Waals surface area contributed by atoms with Gasteiger partial charge in [-0.2, -0.15) is 0 Å². The van der Waals surface area contributed by atoms with Crippen LogP contribution >= 0.6 is 0 Å². The van der Waals surface area contributed by atoms with Crippen molar-refractivity contribution >= 4 is 70.6 Å². The topological polar surface area (TPSA) is 58.3 Å². The molecule has 8 radical (unpaired) electrons. The SMILES string of the molecule is [B]c1c([B])c(N2CCN(c3ncc(F)cn3)CC2)c([B])c([B])c1N. The first-order chi connectivity index (χ1) is 11.4. The third-order valence-corrected chi connectivity index (χ3v) is 4.16. The molecule has 5 nitrogen and oxygen atoms in total. The second-order valence-corrected chi connectivity index (χ2v) is 5.59. The Morgan fingerprint density at radius 2 is 1.29 bits per heavy atom. The fourth-order valence-corrected chi connectivity index (χ4v) is 2.77. The van der Waals surface area contributed by atoms with E-state index in [9.17, 15) is 4.39 Å². The summed E-state index contributed by atoms with van der Waals surface area (Å²) in [5.74, 6) is 0.0130. The van der Waals surface area contributed by atoms with Crippen molar-refractivity contribution in [1.82, 2.24) is 9.97 Å². The van der Waals surface area contributed by atoms with Crippen LogP contribution in [0.15, 0.2) is 12.4 Å². The molecule has 112 valence electrons. The molecule has 1 saturated heterocycles. The van der Waals surface area contributed by atoms with Crippen LogP contribution in [-0.2, 0) is 0 Å². The number of halogens is 1. The Labute approximate surface area is 145 Å². The standard InChI is InChI=1S/C14H12B4FN5/c15-8-10(17)13(11(18)9(16)12(8)20)23-1-3-24(4-2-23)14-21-5-7(19)6-22-14/h5-6H,1-4,20H2. The van der Waals surface area contributed by atoms with Gasteiger partial charge in [0.1, 0.15) is 31.4 Å². The Morgan fingerprint density at radius 1 is 0.833 bits per heavy atom. The van der Waals surface area contributed by atoms with Gasteiger partial charge in [-0.1, -0.05) is 21.9 Å². The van der Waals surface area contributed by atoms with Crippen molar-refractivity contribution in [2.24, 2.45) is 0 Å². The van der Waals surface area contributed by atoms with Gasteiger partial charge in [0.05, 0.1) is 12.4 Å². The van der Waals surface area contributed by atoms with E-state index in [-0.39, 0.29) is 16.6 Å². The molecule has 10 heteroatoms. The molecule has 0 spiro atoms. The largest absolute Gasteiger partial charge is 0.400 e. The van der Waals surface area contributed by atoms with Crippen LogP contribution in [0.3, 0.4) is 0 Å². The molecule has 2 N–H and O–H groups in total. The van der Waals surface area contributed by atoms with Crippen LogP contribution < -0.4 is 37.4 Å². The second kappa shape index (κ2) is 6.42. The first-order valence-corrected chi connectivity index (χ1v) is 7.39. The minimum atomic E-state index is -0.467. The minimum absolute atomic E-state index is 0.201. The van der Waals surface area contributed by atoms with Crippen molar-refractivity contribution in [2.75, 3.05) is 41.7 Å². The van der Waals surface area contributed by atoms with Crippen LogP contribution in [0, 0.1) is 5.82 Å². The highest BCUT2D eigenvalue weighted by Gasteiger charge is 2.22. The predicted octanol–water partition coefficient (Wildman–Crippen LogP) is -3.30. The van der Waals surface area contributed by atoms with Crippen LogP contribution in [0.4, 0.5) is 21.7 Å². The molecule has 0 aliphatic carbocycles. The number of aromatic nitrogens is 2. The van der Waals surface area contributed by atoms with Crippen molar-refractivity contribution in [3.63, 3.8) is 0 Å². The van der Waals surface area contributed by atoms with E-state index in [1.165, 1.54) is 0 Å². The molecule has 0 atom stereocenters. The molecular weight excluding hydrogens is 300 g/mol. The van der Waals surface area contributed by atoms with Crippen LogP contribution in [0.25, 0.3) is 0 Å². The number of anilines is 3. The second-order valence-electron chi connectivity index (χ2n) is 5.59. The third kappa shape index (κ3) is 2.85. The summed E-state index contributed by atoms with van der Waals surface area (Å²) in [6.07, 6.45) is 2.29. The first-order valence-electron chi connectivity index (χ1n) is 7.39.